The van der Waals surface area contributed by atoms with Crippen molar-refractivity contribution in [2.75, 3.05) is 32.7 Å². The van der Waals surface area contributed by atoms with Crippen LogP contribution in [0.25, 0.3) is 0 Å². The summed E-state index contributed by atoms with van der Waals surface area (Å²) in [5.41, 5.74) is 3.61. The average Bonchev–Trinajstić information content (AvgIpc) is 2.77. The largest absolute Gasteiger partial charge is 0.444 e. The van der Waals surface area contributed by atoms with Crippen LogP contribution in [0, 0.1) is 5.92 Å². The third kappa shape index (κ3) is 4.80. The number of carbonyl (C=O) groups is 2. The number of alkyl halides is 1. The highest BCUT2D eigenvalue weighted by Crippen LogP contribution is 2.30. The molecule has 2 amide bonds. The van der Waals surface area contributed by atoms with Gasteiger partial charge in [-0.15, -0.1) is 0 Å². The lowest BCUT2D eigenvalue weighted by atomic mass is 9.93. The molecule has 2 saturated heterocycles. The summed E-state index contributed by atoms with van der Waals surface area (Å²) in [5, 5.41) is 0. The van der Waals surface area contributed by atoms with Crippen LogP contribution in [0.2, 0.25) is 0 Å². The second-order valence-corrected chi connectivity index (χ2v) is 7.70. The number of hydrogen-bond acceptors (Lipinski definition) is 4. The molecule has 0 aromatic heterocycles. The Morgan fingerprint density at radius 3 is 2.48 bits per heavy atom. The van der Waals surface area contributed by atoms with Crippen LogP contribution in [-0.4, -0.2) is 65.8 Å². The van der Waals surface area contributed by atoms with Gasteiger partial charge in [0.1, 0.15) is 11.3 Å². The van der Waals surface area contributed by atoms with Gasteiger partial charge in [0.15, 0.2) is 0 Å². The molecule has 0 bridgehead atoms. The van der Waals surface area contributed by atoms with Crippen LogP contribution in [0.5, 0.6) is 0 Å². The van der Waals surface area contributed by atoms with Crippen molar-refractivity contribution in [1.29, 1.82) is 0 Å². The summed E-state index contributed by atoms with van der Waals surface area (Å²) in [6.45, 7) is 7.14. The van der Waals surface area contributed by atoms with Gasteiger partial charge in [0.05, 0.1) is 6.54 Å². The summed E-state index contributed by atoms with van der Waals surface area (Å²) in [4.78, 5) is 27.0. The van der Waals surface area contributed by atoms with Crippen LogP contribution in [0.3, 0.4) is 0 Å². The van der Waals surface area contributed by atoms with Gasteiger partial charge in [0.2, 0.25) is 5.91 Å². The summed E-state index contributed by atoms with van der Waals surface area (Å²) in [6, 6.07) is 0. The minimum absolute atomic E-state index is 0.0213. The summed E-state index contributed by atoms with van der Waals surface area (Å²) < 4.78 is 20.3. The van der Waals surface area contributed by atoms with Crippen LogP contribution in [-0.2, 0) is 9.53 Å². The zero-order chi connectivity index (χ0) is 17.3. The zero-order valence-corrected chi connectivity index (χ0v) is 14.3. The molecule has 2 fully saturated rings. The van der Waals surface area contributed by atoms with Crippen molar-refractivity contribution in [3.8, 4) is 0 Å². The van der Waals surface area contributed by atoms with Crippen molar-refractivity contribution < 1.29 is 18.7 Å². The Kier molecular flexibility index (Phi) is 5.18. The molecule has 0 radical (unpaired) electrons. The van der Waals surface area contributed by atoms with Gasteiger partial charge in [0.25, 0.3) is 0 Å². The van der Waals surface area contributed by atoms with E-state index in [0.29, 0.717) is 32.6 Å². The van der Waals surface area contributed by atoms with E-state index in [0.717, 1.165) is 0 Å². The fourth-order valence-corrected chi connectivity index (χ4v) is 3.08. The van der Waals surface area contributed by atoms with Gasteiger partial charge in [-0.3, -0.25) is 4.79 Å². The predicted molar refractivity (Wildman–Crippen MR) is 84.6 cm³/mol. The number of hydrogen-bond donors (Lipinski definition) is 1. The van der Waals surface area contributed by atoms with E-state index in [1.54, 1.807) is 25.7 Å². The number of nitrogens with two attached hydrogens (primary N) is 1. The van der Waals surface area contributed by atoms with Crippen molar-refractivity contribution in [3.63, 3.8) is 0 Å². The Morgan fingerprint density at radius 1 is 1.39 bits per heavy atom. The molecule has 1 unspecified atom stereocenters. The molecule has 0 saturated carbocycles. The Balaban J connectivity index is 1.85. The number of likely N-dealkylation sites (tertiary alicyclic amines) is 2. The van der Waals surface area contributed by atoms with Gasteiger partial charge in [-0.2, -0.15) is 0 Å². The van der Waals surface area contributed by atoms with Crippen LogP contribution < -0.4 is 5.73 Å². The zero-order valence-electron chi connectivity index (χ0n) is 14.3. The molecule has 23 heavy (non-hydrogen) atoms. The number of amides is 2. The van der Waals surface area contributed by atoms with E-state index in [4.69, 9.17) is 10.5 Å². The molecule has 2 N–H and O–H groups in total. The molecule has 0 aromatic rings. The highest BCUT2D eigenvalue weighted by Gasteiger charge is 2.41. The SMILES string of the molecule is CC(C)(C)OC(=O)N1CCC(F)(CN2CC(CN)CC2=O)CC1. The van der Waals surface area contributed by atoms with Crippen LogP contribution >= 0.6 is 0 Å². The van der Waals surface area contributed by atoms with Crippen molar-refractivity contribution >= 4 is 12.0 Å². The van der Waals surface area contributed by atoms with Crippen molar-refractivity contribution in [3.05, 3.63) is 0 Å². The maximum Gasteiger partial charge on any atom is 0.410 e. The maximum absolute atomic E-state index is 15.0. The van der Waals surface area contributed by atoms with Crippen LogP contribution in [0.4, 0.5) is 9.18 Å². The lowest BCUT2D eigenvalue weighted by Gasteiger charge is -2.38. The smallest absolute Gasteiger partial charge is 0.410 e. The molecule has 7 heteroatoms. The van der Waals surface area contributed by atoms with Crippen molar-refractivity contribution in [2.24, 2.45) is 11.7 Å². The summed E-state index contributed by atoms with van der Waals surface area (Å²) in [6.07, 6.45) is 0.462. The number of piperidine rings is 1. The molecular weight excluding hydrogens is 301 g/mol. The summed E-state index contributed by atoms with van der Waals surface area (Å²) in [7, 11) is 0. The minimum atomic E-state index is -1.43. The maximum atomic E-state index is 15.0. The van der Waals surface area contributed by atoms with Crippen molar-refractivity contribution in [1.82, 2.24) is 9.80 Å². The fraction of sp³-hybridized carbons (Fsp3) is 0.875. The third-order valence-electron chi connectivity index (χ3n) is 4.41. The van der Waals surface area contributed by atoms with E-state index in [9.17, 15) is 14.0 Å². The van der Waals surface area contributed by atoms with Crippen LogP contribution in [0.1, 0.15) is 40.0 Å². The molecule has 6 nitrogen and oxygen atoms in total. The van der Waals surface area contributed by atoms with E-state index in [1.807, 2.05) is 0 Å². The molecule has 0 spiro atoms. The first-order valence-corrected chi connectivity index (χ1v) is 8.26. The van der Waals surface area contributed by atoms with E-state index >= 15 is 0 Å². The lowest BCUT2D eigenvalue weighted by Crippen LogP contribution is -2.51. The molecule has 0 aromatic carbocycles. The number of rotatable bonds is 3. The molecule has 2 heterocycles. The molecule has 2 aliphatic rings. The minimum Gasteiger partial charge on any atom is -0.444 e. The Labute approximate surface area is 137 Å². The first-order chi connectivity index (χ1) is 10.6. The second kappa shape index (κ2) is 6.63. The van der Waals surface area contributed by atoms with Gasteiger partial charge in [-0.25, -0.2) is 9.18 Å². The normalized spacial score (nSPS) is 24.9. The highest BCUT2D eigenvalue weighted by atomic mass is 19.1. The quantitative estimate of drug-likeness (QED) is 0.852. The lowest BCUT2D eigenvalue weighted by molar-refractivity contribution is -0.130. The molecule has 132 valence electrons. The number of nitrogens with zero attached hydrogens (tertiary/aromatic N) is 2. The highest BCUT2D eigenvalue weighted by molar-refractivity contribution is 5.78. The topological polar surface area (TPSA) is 75.9 Å². The Bertz CT molecular complexity index is 456. The predicted octanol–water partition coefficient (Wildman–Crippen LogP) is 1.53. The first-order valence-electron chi connectivity index (χ1n) is 8.26. The molecule has 2 rings (SSSR count). The van der Waals surface area contributed by atoms with E-state index in [2.05, 4.69) is 0 Å². The molecule has 2 aliphatic heterocycles. The number of ether oxygens (including phenoxy) is 1. The number of halogens is 1. The standard InChI is InChI=1S/C16H28FN3O3/c1-15(2,3)23-14(22)19-6-4-16(17,5-7-19)11-20-10-12(9-18)8-13(20)21/h12H,4-11,18H2,1-3H3. The molecule has 1 atom stereocenters. The van der Waals surface area contributed by atoms with Gasteiger partial charge >= 0.3 is 6.09 Å². The van der Waals surface area contributed by atoms with Crippen LogP contribution in [0.15, 0.2) is 0 Å². The van der Waals surface area contributed by atoms with Gasteiger partial charge in [0, 0.05) is 38.9 Å². The number of carbonyl (C=O) groups excluding carboxylic acids is 2. The van der Waals surface area contributed by atoms with E-state index in [1.165, 1.54) is 4.90 Å². The van der Waals surface area contributed by atoms with E-state index < -0.39 is 17.4 Å². The van der Waals surface area contributed by atoms with Gasteiger partial charge in [-0.05, 0) is 33.2 Å². The third-order valence-corrected chi connectivity index (χ3v) is 4.41. The monoisotopic (exact) mass is 329 g/mol. The Morgan fingerprint density at radius 2 is 2.00 bits per heavy atom. The summed E-state index contributed by atoms with van der Waals surface area (Å²) in [5.74, 6) is 0.111. The second-order valence-electron chi connectivity index (χ2n) is 7.70. The van der Waals surface area contributed by atoms with Gasteiger partial charge in [-0.1, -0.05) is 0 Å². The Hall–Kier alpha value is -1.37. The summed E-state index contributed by atoms with van der Waals surface area (Å²) >= 11 is 0. The van der Waals surface area contributed by atoms with E-state index in [-0.39, 0.29) is 31.2 Å². The van der Waals surface area contributed by atoms with Gasteiger partial charge < -0.3 is 20.3 Å². The van der Waals surface area contributed by atoms with Crippen molar-refractivity contribution in [2.45, 2.75) is 51.3 Å². The molecule has 0 aliphatic carbocycles. The first kappa shape index (κ1) is 18.0. The fourth-order valence-electron chi connectivity index (χ4n) is 3.08. The average molecular weight is 329 g/mol. The molecular formula is C16H28FN3O3.